The number of hydrogen-bond acceptors (Lipinski definition) is 6. The average molecular weight is 445 g/mol. The van der Waals surface area contributed by atoms with E-state index in [9.17, 15) is 4.79 Å². The fourth-order valence-electron chi connectivity index (χ4n) is 2.77. The zero-order valence-electron chi connectivity index (χ0n) is 15.5. The van der Waals surface area contributed by atoms with E-state index in [1.165, 1.54) is 23.1 Å². The van der Waals surface area contributed by atoms with Gasteiger partial charge in [-0.25, -0.2) is 4.98 Å². The summed E-state index contributed by atoms with van der Waals surface area (Å²) in [5.41, 5.74) is 0.748. The quantitative estimate of drug-likeness (QED) is 0.333. The largest absolute Gasteiger partial charge is 0.494 e. The Kier molecular flexibility index (Phi) is 6.08. The number of hydrogen-bond donors (Lipinski definition) is 0. The number of ether oxygens (including phenoxy) is 1. The number of furan rings is 1. The lowest BCUT2D eigenvalue weighted by atomic mass is 10.3. The van der Waals surface area contributed by atoms with Crippen LogP contribution in [-0.2, 0) is 11.3 Å². The molecule has 5 nitrogen and oxygen atoms in total. The van der Waals surface area contributed by atoms with Gasteiger partial charge in [-0.15, -0.1) is 11.8 Å². The van der Waals surface area contributed by atoms with E-state index in [4.69, 9.17) is 20.8 Å². The van der Waals surface area contributed by atoms with Crippen LogP contribution in [0, 0.1) is 0 Å². The highest BCUT2D eigenvalue weighted by Crippen LogP contribution is 2.35. The van der Waals surface area contributed by atoms with E-state index >= 15 is 0 Å². The number of aromatic nitrogens is 1. The molecular weight excluding hydrogens is 428 g/mol. The third kappa shape index (κ3) is 4.58. The molecule has 4 aromatic rings. The molecule has 29 heavy (non-hydrogen) atoms. The van der Waals surface area contributed by atoms with Gasteiger partial charge in [-0.05, 0) is 48.5 Å². The number of carbonyl (C=O) groups is 1. The number of benzene rings is 2. The van der Waals surface area contributed by atoms with Crippen molar-refractivity contribution >= 4 is 56.0 Å². The van der Waals surface area contributed by atoms with Crippen LogP contribution in [0.15, 0.2) is 70.2 Å². The van der Waals surface area contributed by atoms with Crippen molar-refractivity contribution in [2.75, 3.05) is 17.8 Å². The summed E-state index contributed by atoms with van der Waals surface area (Å²) in [4.78, 5) is 20.4. The normalized spacial score (nSPS) is 11.0. The Hall–Kier alpha value is -2.48. The minimum atomic E-state index is -0.0561. The van der Waals surface area contributed by atoms with Crippen LogP contribution >= 0.6 is 34.7 Å². The number of amides is 1. The van der Waals surface area contributed by atoms with Crippen molar-refractivity contribution in [3.8, 4) is 5.75 Å². The van der Waals surface area contributed by atoms with E-state index in [-0.39, 0.29) is 11.7 Å². The lowest BCUT2D eigenvalue weighted by Gasteiger charge is -2.18. The number of halogens is 1. The van der Waals surface area contributed by atoms with Crippen LogP contribution in [0.5, 0.6) is 5.75 Å². The van der Waals surface area contributed by atoms with Crippen molar-refractivity contribution in [1.29, 1.82) is 0 Å². The second-order valence-electron chi connectivity index (χ2n) is 6.11. The molecule has 0 bridgehead atoms. The van der Waals surface area contributed by atoms with Crippen molar-refractivity contribution in [2.45, 2.75) is 11.4 Å². The molecule has 0 aliphatic heterocycles. The fraction of sp³-hybridized carbons (Fsp3) is 0.143. The summed E-state index contributed by atoms with van der Waals surface area (Å²) in [6.07, 6.45) is 1.60. The Bertz CT molecular complexity index is 1110. The predicted octanol–water partition coefficient (Wildman–Crippen LogP) is 5.88. The molecule has 2 aromatic heterocycles. The molecule has 0 radical (unpaired) electrons. The van der Waals surface area contributed by atoms with E-state index < -0.39 is 0 Å². The number of thiazole rings is 1. The maximum Gasteiger partial charge on any atom is 0.239 e. The Morgan fingerprint density at radius 1 is 1.21 bits per heavy atom. The van der Waals surface area contributed by atoms with E-state index in [1.54, 1.807) is 18.3 Å². The molecule has 0 spiro atoms. The molecule has 4 rings (SSSR count). The van der Waals surface area contributed by atoms with Crippen LogP contribution in [0.1, 0.15) is 5.76 Å². The van der Waals surface area contributed by atoms with Crippen LogP contribution in [0.2, 0.25) is 5.02 Å². The zero-order chi connectivity index (χ0) is 20.2. The molecule has 1 amide bonds. The maximum absolute atomic E-state index is 13.1. The molecule has 2 heterocycles. The maximum atomic E-state index is 13.1. The van der Waals surface area contributed by atoms with Crippen molar-refractivity contribution in [2.24, 2.45) is 0 Å². The van der Waals surface area contributed by atoms with Crippen LogP contribution in [0.25, 0.3) is 10.2 Å². The number of nitrogens with zero attached hydrogens (tertiary/aromatic N) is 2. The van der Waals surface area contributed by atoms with Gasteiger partial charge >= 0.3 is 0 Å². The molecule has 0 N–H and O–H groups in total. The SMILES string of the molecule is COc1cccc2sc(N(Cc3ccco3)C(=O)CSc3ccc(Cl)cc3)nc12. The van der Waals surface area contributed by atoms with Gasteiger partial charge in [0.15, 0.2) is 5.13 Å². The van der Waals surface area contributed by atoms with Gasteiger partial charge in [-0.2, -0.15) is 0 Å². The summed E-state index contributed by atoms with van der Waals surface area (Å²) < 4.78 is 11.8. The van der Waals surface area contributed by atoms with Gasteiger partial charge in [-0.1, -0.05) is 29.0 Å². The first kappa shape index (κ1) is 19.8. The van der Waals surface area contributed by atoms with Crippen LogP contribution in [0.3, 0.4) is 0 Å². The van der Waals surface area contributed by atoms with Crippen molar-refractivity contribution in [1.82, 2.24) is 4.98 Å². The monoisotopic (exact) mass is 444 g/mol. The summed E-state index contributed by atoms with van der Waals surface area (Å²) in [5, 5.41) is 1.28. The highest BCUT2D eigenvalue weighted by molar-refractivity contribution is 8.00. The third-order valence-electron chi connectivity index (χ3n) is 4.19. The molecule has 0 aliphatic carbocycles. The van der Waals surface area contributed by atoms with E-state index in [0.717, 1.165) is 15.1 Å². The van der Waals surface area contributed by atoms with Gasteiger partial charge in [0.1, 0.15) is 17.0 Å². The van der Waals surface area contributed by atoms with Gasteiger partial charge in [0, 0.05) is 9.92 Å². The number of rotatable bonds is 7. The number of methoxy groups -OCH3 is 1. The standard InChI is InChI=1S/C21H17ClN2O3S2/c1-26-17-5-2-6-18-20(17)23-21(29-18)24(12-15-4-3-11-27-15)19(25)13-28-16-9-7-14(22)8-10-16/h2-11H,12-13H2,1H3. The van der Waals surface area contributed by atoms with E-state index in [1.807, 2.05) is 54.6 Å². The lowest BCUT2D eigenvalue weighted by molar-refractivity contribution is -0.116. The minimum absolute atomic E-state index is 0.0561. The molecule has 0 saturated carbocycles. The summed E-state index contributed by atoms with van der Waals surface area (Å²) in [6.45, 7) is 0.315. The molecule has 2 aromatic carbocycles. The molecule has 0 fully saturated rings. The molecule has 0 atom stereocenters. The average Bonchev–Trinajstić information content (AvgIpc) is 3.40. The molecular formula is C21H17ClN2O3S2. The topological polar surface area (TPSA) is 55.6 Å². The Balaban J connectivity index is 1.60. The van der Waals surface area contributed by atoms with E-state index in [0.29, 0.717) is 28.2 Å². The second-order valence-corrected chi connectivity index (χ2v) is 8.60. The summed E-state index contributed by atoms with van der Waals surface area (Å²) in [6, 6.07) is 16.8. The molecule has 0 saturated heterocycles. The van der Waals surface area contributed by atoms with Crippen LogP contribution in [-0.4, -0.2) is 23.8 Å². The highest BCUT2D eigenvalue weighted by Gasteiger charge is 2.22. The minimum Gasteiger partial charge on any atom is -0.494 e. The number of para-hydroxylation sites is 1. The highest BCUT2D eigenvalue weighted by atomic mass is 35.5. The number of carbonyl (C=O) groups excluding carboxylic acids is 1. The third-order valence-corrected chi connectivity index (χ3v) is 6.48. The van der Waals surface area contributed by atoms with Crippen molar-refractivity contribution in [3.05, 3.63) is 71.6 Å². The molecule has 0 aliphatic rings. The second kappa shape index (κ2) is 8.90. The lowest BCUT2D eigenvalue weighted by Crippen LogP contribution is -2.31. The summed E-state index contributed by atoms with van der Waals surface area (Å²) in [5.74, 6) is 1.60. The number of anilines is 1. The van der Waals surface area contributed by atoms with Gasteiger partial charge < -0.3 is 9.15 Å². The first-order valence-corrected chi connectivity index (χ1v) is 11.0. The van der Waals surface area contributed by atoms with E-state index in [2.05, 4.69) is 4.98 Å². The number of thioether (sulfide) groups is 1. The Morgan fingerprint density at radius 3 is 2.76 bits per heavy atom. The van der Waals surface area contributed by atoms with Crippen molar-refractivity contribution < 1.29 is 13.9 Å². The molecule has 148 valence electrons. The van der Waals surface area contributed by atoms with Gasteiger partial charge in [0.05, 0.1) is 30.4 Å². The zero-order valence-corrected chi connectivity index (χ0v) is 17.9. The predicted molar refractivity (Wildman–Crippen MR) is 118 cm³/mol. The molecule has 0 unspecified atom stereocenters. The van der Waals surface area contributed by atoms with Gasteiger partial charge in [-0.3, -0.25) is 9.69 Å². The summed E-state index contributed by atoms with van der Waals surface area (Å²) >= 11 is 8.85. The Labute approximate surface area is 181 Å². The first-order chi connectivity index (χ1) is 14.1. The van der Waals surface area contributed by atoms with Crippen molar-refractivity contribution in [3.63, 3.8) is 0 Å². The Morgan fingerprint density at radius 2 is 2.03 bits per heavy atom. The number of fused-ring (bicyclic) bond motifs is 1. The molecule has 8 heteroatoms. The van der Waals surface area contributed by atoms with Crippen LogP contribution < -0.4 is 9.64 Å². The van der Waals surface area contributed by atoms with Gasteiger partial charge in [0.2, 0.25) is 5.91 Å². The van der Waals surface area contributed by atoms with Crippen LogP contribution in [0.4, 0.5) is 5.13 Å². The van der Waals surface area contributed by atoms with Gasteiger partial charge in [0.25, 0.3) is 0 Å². The smallest absolute Gasteiger partial charge is 0.239 e. The fourth-order valence-corrected chi connectivity index (χ4v) is 4.67. The first-order valence-electron chi connectivity index (χ1n) is 8.78. The summed E-state index contributed by atoms with van der Waals surface area (Å²) in [7, 11) is 1.61.